The molecule has 0 bridgehead atoms. The van der Waals surface area contributed by atoms with Crippen LogP contribution in [0, 0.1) is 0 Å². The van der Waals surface area contributed by atoms with Crippen molar-refractivity contribution in [3.63, 3.8) is 0 Å². The number of nitrogens with one attached hydrogen (secondary N) is 2. The van der Waals surface area contributed by atoms with E-state index in [1.165, 1.54) is 0 Å². The highest BCUT2D eigenvalue weighted by Gasteiger charge is 2.23. The maximum absolute atomic E-state index is 11.8. The van der Waals surface area contributed by atoms with Gasteiger partial charge in [0.05, 0.1) is 5.69 Å². The highest BCUT2D eigenvalue weighted by molar-refractivity contribution is 5.97. The SMILES string of the molecule is NC(=O)c1nnc(N[C@@H]2CCCCC2N)cc1Nc1cccc(-n2cccn2)n1. The number of hydrogen-bond acceptors (Lipinski definition) is 8. The van der Waals surface area contributed by atoms with Gasteiger partial charge in [-0.15, -0.1) is 10.2 Å². The van der Waals surface area contributed by atoms with E-state index in [1.807, 2.05) is 18.2 Å². The van der Waals surface area contributed by atoms with Crippen LogP contribution in [0.3, 0.4) is 0 Å². The molecule has 1 fully saturated rings. The molecule has 29 heavy (non-hydrogen) atoms. The number of amides is 1. The molecule has 0 aromatic carbocycles. The Labute approximate surface area is 167 Å². The lowest BCUT2D eigenvalue weighted by molar-refractivity contribution is 0.0995. The summed E-state index contributed by atoms with van der Waals surface area (Å²) in [6.45, 7) is 0. The number of anilines is 3. The number of primary amides is 1. The predicted molar refractivity (Wildman–Crippen MR) is 109 cm³/mol. The molecule has 150 valence electrons. The van der Waals surface area contributed by atoms with Crippen molar-refractivity contribution in [2.45, 2.75) is 37.8 Å². The normalized spacial score (nSPS) is 18.9. The highest BCUT2D eigenvalue weighted by atomic mass is 16.1. The number of carbonyl (C=O) groups is 1. The van der Waals surface area contributed by atoms with Crippen LogP contribution >= 0.6 is 0 Å². The van der Waals surface area contributed by atoms with Crippen molar-refractivity contribution in [3.8, 4) is 5.82 Å². The third-order valence-electron chi connectivity index (χ3n) is 4.92. The van der Waals surface area contributed by atoms with Crippen molar-refractivity contribution >= 4 is 23.2 Å². The summed E-state index contributed by atoms with van der Waals surface area (Å²) in [5, 5.41) is 18.7. The summed E-state index contributed by atoms with van der Waals surface area (Å²) < 4.78 is 1.64. The zero-order valence-corrected chi connectivity index (χ0v) is 15.8. The van der Waals surface area contributed by atoms with Gasteiger partial charge in [-0.1, -0.05) is 18.9 Å². The molecule has 3 aromatic rings. The van der Waals surface area contributed by atoms with E-state index in [2.05, 4.69) is 30.9 Å². The van der Waals surface area contributed by atoms with Gasteiger partial charge in [-0.05, 0) is 31.0 Å². The molecule has 1 aliphatic carbocycles. The Bertz CT molecular complexity index is 989. The Hall–Kier alpha value is -3.53. The zero-order chi connectivity index (χ0) is 20.2. The molecule has 3 aromatic heterocycles. The maximum Gasteiger partial charge on any atom is 0.271 e. The van der Waals surface area contributed by atoms with E-state index >= 15 is 0 Å². The molecule has 6 N–H and O–H groups in total. The van der Waals surface area contributed by atoms with Gasteiger partial charge in [0.1, 0.15) is 5.82 Å². The number of rotatable bonds is 6. The van der Waals surface area contributed by atoms with E-state index in [1.54, 1.807) is 29.2 Å². The lowest BCUT2D eigenvalue weighted by Crippen LogP contribution is -2.42. The van der Waals surface area contributed by atoms with E-state index in [0.717, 1.165) is 25.7 Å². The smallest absolute Gasteiger partial charge is 0.271 e. The van der Waals surface area contributed by atoms with Gasteiger partial charge in [0.15, 0.2) is 17.3 Å². The van der Waals surface area contributed by atoms with Crippen LogP contribution in [0.25, 0.3) is 5.82 Å². The largest absolute Gasteiger partial charge is 0.364 e. The van der Waals surface area contributed by atoms with Gasteiger partial charge in [-0.2, -0.15) is 5.10 Å². The Morgan fingerprint density at radius 3 is 2.76 bits per heavy atom. The Morgan fingerprint density at radius 2 is 2.00 bits per heavy atom. The number of nitrogens with two attached hydrogens (primary N) is 2. The van der Waals surface area contributed by atoms with Crippen LogP contribution in [-0.4, -0.2) is 43.0 Å². The summed E-state index contributed by atoms with van der Waals surface area (Å²) in [6, 6.07) is 9.14. The Morgan fingerprint density at radius 1 is 1.14 bits per heavy atom. The van der Waals surface area contributed by atoms with Crippen LogP contribution in [0.2, 0.25) is 0 Å². The summed E-state index contributed by atoms with van der Waals surface area (Å²) in [6.07, 6.45) is 7.67. The fourth-order valence-electron chi connectivity index (χ4n) is 3.43. The van der Waals surface area contributed by atoms with Crippen LogP contribution in [0.1, 0.15) is 36.2 Å². The lowest BCUT2D eigenvalue weighted by Gasteiger charge is -2.29. The van der Waals surface area contributed by atoms with Gasteiger partial charge < -0.3 is 22.1 Å². The first-order valence-electron chi connectivity index (χ1n) is 9.54. The Balaban J connectivity index is 1.60. The van der Waals surface area contributed by atoms with Crippen LogP contribution in [-0.2, 0) is 0 Å². The van der Waals surface area contributed by atoms with E-state index in [-0.39, 0.29) is 17.8 Å². The van der Waals surface area contributed by atoms with Crippen LogP contribution in [0.4, 0.5) is 17.3 Å². The number of pyridine rings is 1. The third kappa shape index (κ3) is 4.32. The van der Waals surface area contributed by atoms with Crippen molar-refractivity contribution < 1.29 is 4.79 Å². The first-order chi connectivity index (χ1) is 14.1. The molecular formula is C19H23N9O. The summed E-state index contributed by atoms with van der Waals surface area (Å²) in [4.78, 5) is 16.3. The quantitative estimate of drug-likeness (QED) is 0.493. The highest BCUT2D eigenvalue weighted by Crippen LogP contribution is 2.24. The minimum Gasteiger partial charge on any atom is -0.364 e. The van der Waals surface area contributed by atoms with Crippen molar-refractivity contribution in [1.82, 2.24) is 25.0 Å². The van der Waals surface area contributed by atoms with Gasteiger partial charge in [0, 0.05) is 30.5 Å². The number of nitrogens with zero attached hydrogens (tertiary/aromatic N) is 5. The topological polar surface area (TPSA) is 150 Å². The molecule has 0 spiro atoms. The van der Waals surface area contributed by atoms with E-state index in [4.69, 9.17) is 11.5 Å². The number of hydrogen-bond donors (Lipinski definition) is 4. The van der Waals surface area contributed by atoms with Crippen LogP contribution in [0.5, 0.6) is 0 Å². The van der Waals surface area contributed by atoms with Gasteiger partial charge in [-0.25, -0.2) is 9.67 Å². The van der Waals surface area contributed by atoms with Crippen molar-refractivity contribution in [2.75, 3.05) is 10.6 Å². The zero-order valence-electron chi connectivity index (χ0n) is 15.8. The van der Waals surface area contributed by atoms with E-state index in [9.17, 15) is 4.79 Å². The average Bonchev–Trinajstić information content (AvgIpc) is 3.25. The van der Waals surface area contributed by atoms with Gasteiger partial charge in [0.2, 0.25) is 0 Å². The molecule has 0 aliphatic heterocycles. The Kier molecular flexibility index (Phi) is 5.34. The van der Waals surface area contributed by atoms with E-state index in [0.29, 0.717) is 23.1 Å². The molecule has 1 amide bonds. The standard InChI is InChI=1S/C19H23N9O/c20-12-5-1-2-6-13(12)23-16-11-14(18(19(21)29)27-26-16)24-15-7-3-8-17(25-15)28-10-4-9-22-28/h3-4,7-13H,1-2,5-6,20H2,(H2,21,29)(H2,23,24,25,26)/t12?,13-/m1/s1. The van der Waals surface area contributed by atoms with E-state index < -0.39 is 5.91 Å². The molecule has 1 saturated carbocycles. The predicted octanol–water partition coefficient (Wildman–Crippen LogP) is 1.58. The van der Waals surface area contributed by atoms with Crippen LogP contribution in [0.15, 0.2) is 42.7 Å². The van der Waals surface area contributed by atoms with Crippen molar-refractivity contribution in [2.24, 2.45) is 11.5 Å². The molecule has 0 saturated heterocycles. The molecule has 2 atom stereocenters. The minimum absolute atomic E-state index is 0.0368. The van der Waals surface area contributed by atoms with Crippen molar-refractivity contribution in [3.05, 3.63) is 48.4 Å². The molecular weight excluding hydrogens is 370 g/mol. The van der Waals surface area contributed by atoms with Crippen molar-refractivity contribution in [1.29, 1.82) is 0 Å². The third-order valence-corrected chi connectivity index (χ3v) is 4.92. The minimum atomic E-state index is -0.677. The lowest BCUT2D eigenvalue weighted by atomic mass is 9.91. The second-order valence-electron chi connectivity index (χ2n) is 7.01. The summed E-state index contributed by atoms with van der Waals surface area (Å²) in [5.74, 6) is 1.01. The first kappa shape index (κ1) is 18.8. The summed E-state index contributed by atoms with van der Waals surface area (Å²) in [5.41, 5.74) is 12.1. The fraction of sp³-hybridized carbons (Fsp3) is 0.316. The molecule has 0 radical (unpaired) electrons. The summed E-state index contributed by atoms with van der Waals surface area (Å²) in [7, 11) is 0. The second-order valence-corrected chi connectivity index (χ2v) is 7.01. The van der Waals surface area contributed by atoms with Gasteiger partial charge in [0.25, 0.3) is 5.91 Å². The first-order valence-corrected chi connectivity index (χ1v) is 9.54. The summed E-state index contributed by atoms with van der Waals surface area (Å²) >= 11 is 0. The molecule has 4 rings (SSSR count). The van der Waals surface area contributed by atoms with Gasteiger partial charge in [-0.3, -0.25) is 4.79 Å². The van der Waals surface area contributed by atoms with Crippen LogP contribution < -0.4 is 22.1 Å². The monoisotopic (exact) mass is 393 g/mol. The molecule has 10 nitrogen and oxygen atoms in total. The second kappa shape index (κ2) is 8.23. The number of aromatic nitrogens is 5. The average molecular weight is 393 g/mol. The maximum atomic E-state index is 11.8. The fourth-order valence-corrected chi connectivity index (χ4v) is 3.43. The molecule has 3 heterocycles. The number of carbonyl (C=O) groups excluding carboxylic acids is 1. The molecule has 1 unspecified atom stereocenters. The van der Waals surface area contributed by atoms with Gasteiger partial charge >= 0.3 is 0 Å². The molecule has 10 heteroatoms. The molecule has 1 aliphatic rings.